The van der Waals surface area contributed by atoms with Gasteiger partial charge in [0, 0.05) is 11.1 Å². The quantitative estimate of drug-likeness (QED) is 0.710. The lowest BCUT2D eigenvalue weighted by Gasteiger charge is -2.07. The number of Topliss-reactive ketones (excluding diaryl/α,β-unsaturated/α-hetero) is 1. The number of halogens is 1. The number of carbonyl (C=O) groups is 1. The second-order valence-corrected chi connectivity index (χ2v) is 4.07. The molecule has 2 rings (SSSR count). The predicted octanol–water partition coefficient (Wildman–Crippen LogP) is 4.00. The summed E-state index contributed by atoms with van der Waals surface area (Å²) in [7, 11) is 0. The molecule has 2 aromatic carbocycles. The van der Waals surface area contributed by atoms with Crippen molar-refractivity contribution in [2.45, 2.75) is 13.8 Å². The van der Waals surface area contributed by atoms with Crippen LogP contribution in [0.3, 0.4) is 0 Å². The lowest BCUT2D eigenvalue weighted by Crippen LogP contribution is -1.96. The van der Waals surface area contributed by atoms with E-state index in [1.165, 1.54) is 13.0 Å². The Morgan fingerprint density at radius 2 is 1.82 bits per heavy atom. The largest absolute Gasteiger partial charge is 0.295 e. The molecule has 0 amide bonds. The molecular weight excluding hydrogens is 215 g/mol. The first-order valence-electron chi connectivity index (χ1n) is 5.46. The molecule has 0 bridgehead atoms. The van der Waals surface area contributed by atoms with Crippen molar-refractivity contribution < 1.29 is 9.18 Å². The van der Waals surface area contributed by atoms with Gasteiger partial charge in [-0.1, -0.05) is 36.4 Å². The molecule has 0 unspecified atom stereocenters. The molecule has 0 fully saturated rings. The third-order valence-electron chi connectivity index (χ3n) is 2.79. The molecule has 2 aromatic rings. The zero-order valence-corrected chi connectivity index (χ0v) is 9.83. The van der Waals surface area contributed by atoms with Crippen molar-refractivity contribution in [3.63, 3.8) is 0 Å². The molecular formula is C15H13FO. The highest BCUT2D eigenvalue weighted by Gasteiger charge is 2.08. The van der Waals surface area contributed by atoms with Crippen molar-refractivity contribution in [1.29, 1.82) is 0 Å². The third-order valence-corrected chi connectivity index (χ3v) is 2.79. The molecule has 0 radical (unpaired) electrons. The Balaban J connectivity index is 2.52. The van der Waals surface area contributed by atoms with Gasteiger partial charge < -0.3 is 0 Å². The lowest BCUT2D eigenvalue weighted by atomic mass is 9.98. The Kier molecular flexibility index (Phi) is 3.05. The average Bonchev–Trinajstić information content (AvgIpc) is 2.29. The molecule has 0 aromatic heterocycles. The molecule has 0 spiro atoms. The van der Waals surface area contributed by atoms with E-state index in [0.717, 1.165) is 11.1 Å². The maximum absolute atomic E-state index is 13.6. The van der Waals surface area contributed by atoms with Crippen LogP contribution in [0.1, 0.15) is 22.8 Å². The fourth-order valence-corrected chi connectivity index (χ4v) is 1.92. The summed E-state index contributed by atoms with van der Waals surface area (Å²) in [6.45, 7) is 3.40. The van der Waals surface area contributed by atoms with E-state index in [1.807, 2.05) is 13.0 Å². The molecule has 0 aliphatic rings. The van der Waals surface area contributed by atoms with E-state index in [2.05, 4.69) is 0 Å². The van der Waals surface area contributed by atoms with Crippen molar-refractivity contribution in [2.75, 3.05) is 0 Å². The highest BCUT2D eigenvalue weighted by Crippen LogP contribution is 2.24. The van der Waals surface area contributed by atoms with E-state index in [9.17, 15) is 9.18 Å². The van der Waals surface area contributed by atoms with Gasteiger partial charge in [0.15, 0.2) is 5.78 Å². The Bertz CT molecular complexity index is 573. The fourth-order valence-electron chi connectivity index (χ4n) is 1.92. The number of aryl methyl sites for hydroxylation is 1. The maximum Gasteiger partial charge on any atom is 0.160 e. The van der Waals surface area contributed by atoms with E-state index >= 15 is 0 Å². The molecule has 0 aliphatic heterocycles. The molecule has 2 heteroatoms. The summed E-state index contributed by atoms with van der Waals surface area (Å²) in [6, 6.07) is 12.0. The summed E-state index contributed by atoms with van der Waals surface area (Å²) in [6.07, 6.45) is 0. The van der Waals surface area contributed by atoms with Gasteiger partial charge in [-0.05, 0) is 31.0 Å². The number of carbonyl (C=O) groups excluding carboxylic acids is 1. The van der Waals surface area contributed by atoms with E-state index in [-0.39, 0.29) is 11.6 Å². The number of rotatable bonds is 2. The van der Waals surface area contributed by atoms with Crippen LogP contribution >= 0.6 is 0 Å². The lowest BCUT2D eigenvalue weighted by molar-refractivity contribution is 0.101. The zero-order chi connectivity index (χ0) is 12.4. The first-order valence-corrected chi connectivity index (χ1v) is 5.46. The van der Waals surface area contributed by atoms with Crippen LogP contribution in [-0.4, -0.2) is 5.78 Å². The molecule has 0 N–H and O–H groups in total. The van der Waals surface area contributed by atoms with Crippen LogP contribution in [0.15, 0.2) is 42.5 Å². The van der Waals surface area contributed by atoms with Crippen molar-refractivity contribution in [2.24, 2.45) is 0 Å². The van der Waals surface area contributed by atoms with E-state index < -0.39 is 0 Å². The van der Waals surface area contributed by atoms with Gasteiger partial charge in [0.1, 0.15) is 5.82 Å². The predicted molar refractivity (Wildman–Crippen MR) is 66.6 cm³/mol. The Labute approximate surface area is 99.9 Å². The minimum atomic E-state index is -0.248. The summed E-state index contributed by atoms with van der Waals surface area (Å²) in [5.41, 5.74) is 2.92. The minimum Gasteiger partial charge on any atom is -0.295 e. The molecule has 86 valence electrons. The molecule has 0 aliphatic carbocycles. The van der Waals surface area contributed by atoms with E-state index in [4.69, 9.17) is 0 Å². The van der Waals surface area contributed by atoms with E-state index in [1.54, 1.807) is 30.3 Å². The fraction of sp³-hybridized carbons (Fsp3) is 0.133. The molecule has 17 heavy (non-hydrogen) atoms. The Morgan fingerprint density at radius 1 is 1.12 bits per heavy atom. The standard InChI is InChI=1S/C15H13FO/c1-10-9-12(7-8-13(10)11(2)17)14-5-3-4-6-15(14)16/h3-9H,1-2H3. The molecule has 0 saturated carbocycles. The summed E-state index contributed by atoms with van der Waals surface area (Å²) in [4.78, 5) is 11.3. The van der Waals surface area contributed by atoms with Crippen LogP contribution in [0.5, 0.6) is 0 Å². The SMILES string of the molecule is CC(=O)c1ccc(-c2ccccc2F)cc1C. The van der Waals surface area contributed by atoms with Gasteiger partial charge in [0.2, 0.25) is 0 Å². The van der Waals surface area contributed by atoms with Crippen molar-refractivity contribution in [3.8, 4) is 11.1 Å². The minimum absolute atomic E-state index is 0.0302. The van der Waals surface area contributed by atoms with Gasteiger partial charge in [-0.25, -0.2) is 4.39 Å². The van der Waals surface area contributed by atoms with Gasteiger partial charge in [0.25, 0.3) is 0 Å². The monoisotopic (exact) mass is 228 g/mol. The smallest absolute Gasteiger partial charge is 0.160 e. The molecule has 0 atom stereocenters. The first kappa shape index (κ1) is 11.5. The van der Waals surface area contributed by atoms with Crippen LogP contribution < -0.4 is 0 Å². The van der Waals surface area contributed by atoms with Crippen LogP contribution in [0, 0.1) is 12.7 Å². The highest BCUT2D eigenvalue weighted by atomic mass is 19.1. The topological polar surface area (TPSA) is 17.1 Å². The number of benzene rings is 2. The van der Waals surface area contributed by atoms with Crippen molar-refractivity contribution >= 4 is 5.78 Å². The summed E-state index contributed by atoms with van der Waals surface area (Å²) in [5, 5.41) is 0. The maximum atomic E-state index is 13.6. The molecule has 0 heterocycles. The zero-order valence-electron chi connectivity index (χ0n) is 9.83. The van der Waals surface area contributed by atoms with Gasteiger partial charge in [-0.15, -0.1) is 0 Å². The number of hydrogen-bond acceptors (Lipinski definition) is 1. The molecule has 0 saturated heterocycles. The summed E-state index contributed by atoms with van der Waals surface area (Å²) < 4.78 is 13.6. The van der Waals surface area contributed by atoms with Crippen LogP contribution in [0.25, 0.3) is 11.1 Å². The second kappa shape index (κ2) is 4.50. The Hall–Kier alpha value is -1.96. The van der Waals surface area contributed by atoms with Crippen molar-refractivity contribution in [1.82, 2.24) is 0 Å². The van der Waals surface area contributed by atoms with Crippen LogP contribution in [-0.2, 0) is 0 Å². The van der Waals surface area contributed by atoms with E-state index in [0.29, 0.717) is 11.1 Å². The van der Waals surface area contributed by atoms with Crippen molar-refractivity contribution in [3.05, 3.63) is 59.4 Å². The third kappa shape index (κ3) is 2.26. The number of ketones is 1. The molecule has 1 nitrogen and oxygen atoms in total. The van der Waals surface area contributed by atoms with Gasteiger partial charge in [-0.2, -0.15) is 0 Å². The van der Waals surface area contributed by atoms with Gasteiger partial charge >= 0.3 is 0 Å². The second-order valence-electron chi connectivity index (χ2n) is 4.07. The first-order chi connectivity index (χ1) is 8.09. The van der Waals surface area contributed by atoms with Crippen LogP contribution in [0.4, 0.5) is 4.39 Å². The summed E-state index contributed by atoms with van der Waals surface area (Å²) in [5.74, 6) is -0.218. The Morgan fingerprint density at radius 3 is 2.41 bits per heavy atom. The highest BCUT2D eigenvalue weighted by molar-refractivity contribution is 5.96. The van der Waals surface area contributed by atoms with Crippen LogP contribution in [0.2, 0.25) is 0 Å². The van der Waals surface area contributed by atoms with Gasteiger partial charge in [-0.3, -0.25) is 4.79 Å². The van der Waals surface area contributed by atoms with Gasteiger partial charge in [0.05, 0.1) is 0 Å². The number of hydrogen-bond donors (Lipinski definition) is 0. The normalized spacial score (nSPS) is 10.3. The summed E-state index contributed by atoms with van der Waals surface area (Å²) >= 11 is 0. The average molecular weight is 228 g/mol.